The zero-order valence-corrected chi connectivity index (χ0v) is 21.6. The smallest absolute Gasteiger partial charge is 0.294 e. The molecule has 0 bridgehead atoms. The first-order valence-corrected chi connectivity index (χ1v) is 12.3. The van der Waals surface area contributed by atoms with Crippen molar-refractivity contribution in [3.05, 3.63) is 65.7 Å². The van der Waals surface area contributed by atoms with Crippen LogP contribution >= 0.6 is 11.3 Å². The number of fused-ring (bicyclic) bond motifs is 2. The molecular formula is C27H25N3O6S. The molecule has 1 aliphatic heterocycles. The van der Waals surface area contributed by atoms with Gasteiger partial charge in [0.05, 0.1) is 37.8 Å². The van der Waals surface area contributed by atoms with Gasteiger partial charge in [0.25, 0.3) is 5.91 Å². The summed E-state index contributed by atoms with van der Waals surface area (Å²) in [5, 5.41) is 6.21. The van der Waals surface area contributed by atoms with Gasteiger partial charge in [-0.2, -0.15) is 10.1 Å². The zero-order valence-electron chi connectivity index (χ0n) is 20.8. The number of thiazole rings is 1. The number of nitrogens with zero attached hydrogens (tertiary/aromatic N) is 3. The van der Waals surface area contributed by atoms with Gasteiger partial charge in [0.15, 0.2) is 23.0 Å². The highest BCUT2D eigenvalue weighted by atomic mass is 32.1. The van der Waals surface area contributed by atoms with Gasteiger partial charge < -0.3 is 23.7 Å². The van der Waals surface area contributed by atoms with E-state index in [4.69, 9.17) is 23.7 Å². The molecule has 1 aliphatic rings. The average Bonchev–Trinajstić information content (AvgIpc) is 3.34. The third-order valence-corrected chi connectivity index (χ3v) is 6.71. The molecule has 37 heavy (non-hydrogen) atoms. The highest BCUT2D eigenvalue weighted by Crippen LogP contribution is 2.38. The molecule has 0 spiro atoms. The molecule has 0 fully saturated rings. The number of hydrogen-bond donors (Lipinski definition) is 0. The molecule has 5 rings (SSSR count). The molecule has 190 valence electrons. The van der Waals surface area contributed by atoms with Crippen molar-refractivity contribution in [1.82, 2.24) is 4.98 Å². The largest absolute Gasteiger partial charge is 0.493 e. The maximum Gasteiger partial charge on any atom is 0.294 e. The van der Waals surface area contributed by atoms with E-state index in [1.165, 1.54) is 43.9 Å². The molecule has 1 atom stereocenters. The Morgan fingerprint density at radius 3 is 2.49 bits per heavy atom. The number of para-hydroxylation sites is 2. The second-order valence-electron chi connectivity index (χ2n) is 8.19. The fraction of sp³-hybridized carbons (Fsp3) is 0.222. The quantitative estimate of drug-likeness (QED) is 0.255. The van der Waals surface area contributed by atoms with Crippen molar-refractivity contribution in [3.8, 4) is 28.7 Å². The van der Waals surface area contributed by atoms with Crippen LogP contribution in [0.1, 0.15) is 11.1 Å². The monoisotopic (exact) mass is 519 g/mol. The summed E-state index contributed by atoms with van der Waals surface area (Å²) in [6.07, 6.45) is 0.637. The van der Waals surface area contributed by atoms with Gasteiger partial charge in [-0.15, -0.1) is 0 Å². The number of methoxy groups -OCH3 is 3. The van der Waals surface area contributed by atoms with E-state index in [0.29, 0.717) is 39.4 Å². The van der Waals surface area contributed by atoms with E-state index >= 15 is 0 Å². The summed E-state index contributed by atoms with van der Waals surface area (Å²) >= 11 is 1.37. The lowest BCUT2D eigenvalue weighted by Crippen LogP contribution is -2.44. The van der Waals surface area contributed by atoms with Crippen LogP contribution in [0, 0.1) is 6.92 Å². The SMILES string of the molecule is COc1cc(/C=N/N(C(=O)C2COc3ccccc3O2)c2nc3ccc(C)cc3s2)cc(OC)c1OC. The molecule has 1 amide bonds. The molecule has 10 heteroatoms. The highest BCUT2D eigenvalue weighted by Gasteiger charge is 2.33. The predicted molar refractivity (Wildman–Crippen MR) is 142 cm³/mol. The van der Waals surface area contributed by atoms with Gasteiger partial charge in [-0.1, -0.05) is 29.5 Å². The fourth-order valence-electron chi connectivity index (χ4n) is 3.89. The van der Waals surface area contributed by atoms with E-state index in [0.717, 1.165) is 15.8 Å². The molecule has 1 unspecified atom stereocenters. The Balaban J connectivity index is 1.53. The minimum Gasteiger partial charge on any atom is -0.493 e. The van der Waals surface area contributed by atoms with Crippen LogP contribution in [0.4, 0.5) is 5.13 Å². The Morgan fingerprint density at radius 1 is 1.05 bits per heavy atom. The van der Waals surface area contributed by atoms with Crippen LogP contribution in [-0.4, -0.2) is 51.1 Å². The number of carbonyl (C=O) groups is 1. The van der Waals surface area contributed by atoms with Crippen molar-refractivity contribution < 1.29 is 28.5 Å². The van der Waals surface area contributed by atoms with Crippen molar-refractivity contribution in [2.45, 2.75) is 13.0 Å². The first-order chi connectivity index (χ1) is 18.0. The van der Waals surface area contributed by atoms with E-state index < -0.39 is 12.0 Å². The highest BCUT2D eigenvalue weighted by molar-refractivity contribution is 7.22. The Labute approximate surface area is 217 Å². The lowest BCUT2D eigenvalue weighted by molar-refractivity contribution is -0.127. The second-order valence-corrected chi connectivity index (χ2v) is 9.19. The number of aryl methyl sites for hydroxylation is 1. The Kier molecular flexibility index (Phi) is 6.82. The molecule has 2 heterocycles. The summed E-state index contributed by atoms with van der Waals surface area (Å²) in [6, 6.07) is 16.6. The number of anilines is 1. The van der Waals surface area contributed by atoms with Crippen LogP contribution in [-0.2, 0) is 4.79 Å². The molecule has 3 aromatic carbocycles. The van der Waals surface area contributed by atoms with Crippen molar-refractivity contribution >= 4 is 38.8 Å². The number of carbonyl (C=O) groups excluding carboxylic acids is 1. The number of hydrogen-bond acceptors (Lipinski definition) is 9. The van der Waals surface area contributed by atoms with Gasteiger partial charge >= 0.3 is 0 Å². The maximum atomic E-state index is 13.7. The zero-order chi connectivity index (χ0) is 25.9. The minimum atomic E-state index is -0.902. The standard InChI is InChI=1S/C27H25N3O6S/c1-16-9-10-18-24(11-16)37-27(29-18)30(26(31)23-15-35-19-7-5-6-8-20(19)36-23)28-14-17-12-21(32-2)25(34-4)22(13-17)33-3/h5-14,23H,15H2,1-4H3/b28-14+. The van der Waals surface area contributed by atoms with Crippen LogP contribution in [0.25, 0.3) is 10.2 Å². The maximum absolute atomic E-state index is 13.7. The van der Waals surface area contributed by atoms with Crippen LogP contribution < -0.4 is 28.7 Å². The van der Waals surface area contributed by atoms with Crippen LogP contribution in [0.2, 0.25) is 0 Å². The number of ether oxygens (including phenoxy) is 5. The average molecular weight is 520 g/mol. The first kappa shape index (κ1) is 24.4. The molecular weight excluding hydrogens is 494 g/mol. The van der Waals surface area contributed by atoms with Crippen molar-refractivity contribution in [3.63, 3.8) is 0 Å². The van der Waals surface area contributed by atoms with Gasteiger partial charge in [0.2, 0.25) is 17.0 Å². The molecule has 9 nitrogen and oxygen atoms in total. The Morgan fingerprint density at radius 2 is 1.78 bits per heavy atom. The van der Waals surface area contributed by atoms with Crippen molar-refractivity contribution in [1.29, 1.82) is 0 Å². The van der Waals surface area contributed by atoms with Crippen molar-refractivity contribution in [2.75, 3.05) is 32.9 Å². The molecule has 1 aromatic heterocycles. The summed E-state index contributed by atoms with van der Waals surface area (Å²) in [5.41, 5.74) is 2.51. The topological polar surface area (TPSA) is 91.7 Å². The van der Waals surface area contributed by atoms with E-state index in [1.807, 2.05) is 37.3 Å². The normalized spacial score (nSPS) is 14.5. The van der Waals surface area contributed by atoms with Gasteiger partial charge in [-0.25, -0.2) is 4.98 Å². The van der Waals surface area contributed by atoms with E-state index in [1.54, 1.807) is 24.3 Å². The van der Waals surface area contributed by atoms with Gasteiger partial charge in [-0.05, 0) is 48.9 Å². The second kappa shape index (κ2) is 10.4. The van der Waals surface area contributed by atoms with E-state index in [-0.39, 0.29) is 6.61 Å². The van der Waals surface area contributed by atoms with Crippen LogP contribution in [0.5, 0.6) is 28.7 Å². The molecule has 4 aromatic rings. The summed E-state index contributed by atoms with van der Waals surface area (Å²) in [7, 11) is 4.61. The van der Waals surface area contributed by atoms with Gasteiger partial charge in [0.1, 0.15) is 6.61 Å². The summed E-state index contributed by atoms with van der Waals surface area (Å²) in [4.78, 5) is 18.4. The molecule has 0 aliphatic carbocycles. The van der Waals surface area contributed by atoms with Crippen molar-refractivity contribution in [2.24, 2.45) is 5.10 Å². The molecule has 0 saturated heterocycles. The summed E-state index contributed by atoms with van der Waals surface area (Å²) < 4.78 is 29.0. The van der Waals surface area contributed by atoms with Crippen LogP contribution in [0.3, 0.4) is 0 Å². The lowest BCUT2D eigenvalue weighted by atomic mass is 10.2. The number of benzene rings is 3. The third kappa shape index (κ3) is 4.88. The molecule has 0 N–H and O–H groups in total. The summed E-state index contributed by atoms with van der Waals surface area (Å²) in [6.45, 7) is 2.06. The van der Waals surface area contributed by atoms with Gasteiger partial charge in [0, 0.05) is 5.56 Å². The van der Waals surface area contributed by atoms with E-state index in [9.17, 15) is 4.79 Å². The van der Waals surface area contributed by atoms with Gasteiger partial charge in [-0.3, -0.25) is 4.79 Å². The summed E-state index contributed by atoms with van der Waals surface area (Å²) in [5.74, 6) is 2.08. The number of amides is 1. The predicted octanol–water partition coefficient (Wildman–Crippen LogP) is 4.84. The van der Waals surface area contributed by atoms with Crippen LogP contribution in [0.15, 0.2) is 59.7 Å². The third-order valence-electron chi connectivity index (χ3n) is 5.72. The van der Waals surface area contributed by atoms with E-state index in [2.05, 4.69) is 10.1 Å². The lowest BCUT2D eigenvalue weighted by Gasteiger charge is -2.27. The minimum absolute atomic E-state index is 0.0516. The number of hydrazone groups is 1. The first-order valence-electron chi connectivity index (χ1n) is 11.4. The Bertz CT molecular complexity index is 1460. The number of rotatable bonds is 7. The number of aromatic nitrogens is 1. The molecule has 0 radical (unpaired) electrons. The molecule has 0 saturated carbocycles. The fourth-order valence-corrected chi connectivity index (χ4v) is 4.92. The Hall–Kier alpha value is -4.31.